The molecule has 0 spiro atoms. The molecule has 120 valence electrons. The highest BCUT2D eigenvalue weighted by atomic mass is 35.5. The lowest BCUT2D eigenvalue weighted by atomic mass is 10.2. The van der Waals surface area contributed by atoms with Crippen molar-refractivity contribution in [2.24, 2.45) is 11.7 Å². The number of nitrogens with one attached hydrogen (secondary N) is 1. The van der Waals surface area contributed by atoms with Gasteiger partial charge < -0.3 is 11.1 Å². The molecule has 1 heterocycles. The number of hydrogen-bond donors (Lipinski definition) is 2. The number of nitrogens with zero attached hydrogens (tertiary/aromatic N) is 2. The highest BCUT2D eigenvalue weighted by Gasteiger charge is 2.31. The Kier molecular flexibility index (Phi) is 6.87. The first-order valence-electron chi connectivity index (χ1n) is 6.88. The molecule has 3 N–H and O–H groups in total. The molecule has 1 fully saturated rings. The molecule has 1 atom stereocenters. The maximum Gasteiger partial charge on any atom is 0.270 e. The SMILES string of the molecule is Cl.Cl.NCC(NC(=O)c1cncn1-c1ccccc1)C1CC1. The number of hydrogen-bond acceptors (Lipinski definition) is 3. The van der Waals surface area contributed by atoms with Gasteiger partial charge in [-0.3, -0.25) is 9.36 Å². The zero-order chi connectivity index (χ0) is 13.9. The van der Waals surface area contributed by atoms with Gasteiger partial charge >= 0.3 is 0 Å². The zero-order valence-corrected chi connectivity index (χ0v) is 13.6. The molecule has 0 saturated heterocycles. The average Bonchev–Trinajstić information content (AvgIpc) is 3.21. The minimum Gasteiger partial charge on any atom is -0.346 e. The Hall–Kier alpha value is -1.56. The van der Waals surface area contributed by atoms with Crippen LogP contribution < -0.4 is 11.1 Å². The van der Waals surface area contributed by atoms with Crippen molar-refractivity contribution in [1.82, 2.24) is 14.9 Å². The maximum absolute atomic E-state index is 12.4. The third kappa shape index (κ3) is 4.00. The van der Waals surface area contributed by atoms with E-state index in [0.717, 1.165) is 18.5 Å². The number of amides is 1. The Labute approximate surface area is 142 Å². The van der Waals surface area contributed by atoms with Gasteiger partial charge in [-0.1, -0.05) is 18.2 Å². The minimum absolute atomic E-state index is 0. The van der Waals surface area contributed by atoms with Crippen molar-refractivity contribution >= 4 is 30.7 Å². The second kappa shape index (κ2) is 8.17. The molecule has 3 rings (SSSR count). The van der Waals surface area contributed by atoms with E-state index in [1.807, 2.05) is 30.3 Å². The number of para-hydroxylation sites is 1. The summed E-state index contributed by atoms with van der Waals surface area (Å²) in [5, 5.41) is 3.02. The molecule has 1 unspecified atom stereocenters. The Balaban J connectivity index is 0.00000121. The topological polar surface area (TPSA) is 72.9 Å². The van der Waals surface area contributed by atoms with Crippen molar-refractivity contribution in [2.45, 2.75) is 18.9 Å². The lowest BCUT2D eigenvalue weighted by Gasteiger charge is -2.16. The minimum atomic E-state index is -0.117. The molecule has 2 aromatic rings. The van der Waals surface area contributed by atoms with E-state index in [1.165, 1.54) is 0 Å². The van der Waals surface area contributed by atoms with E-state index in [2.05, 4.69) is 10.3 Å². The Morgan fingerprint density at radius 2 is 2.00 bits per heavy atom. The molecule has 22 heavy (non-hydrogen) atoms. The van der Waals surface area contributed by atoms with Crippen LogP contribution in [0.5, 0.6) is 0 Å². The van der Waals surface area contributed by atoms with Crippen molar-refractivity contribution in [3.8, 4) is 5.69 Å². The van der Waals surface area contributed by atoms with Gasteiger partial charge in [0, 0.05) is 18.3 Å². The fourth-order valence-corrected chi connectivity index (χ4v) is 2.37. The van der Waals surface area contributed by atoms with E-state index in [9.17, 15) is 4.79 Å². The molecular weight excluding hydrogens is 323 g/mol. The largest absolute Gasteiger partial charge is 0.346 e. The summed E-state index contributed by atoms with van der Waals surface area (Å²) in [6.07, 6.45) is 5.54. The molecule has 1 amide bonds. The summed E-state index contributed by atoms with van der Waals surface area (Å²) in [5.41, 5.74) is 7.19. The molecule has 1 aromatic heterocycles. The van der Waals surface area contributed by atoms with Crippen LogP contribution in [0, 0.1) is 5.92 Å². The predicted octanol–water partition coefficient (Wildman–Crippen LogP) is 2.18. The Morgan fingerprint density at radius 1 is 1.32 bits per heavy atom. The molecular formula is C15H20Cl2N4O. The number of aromatic nitrogens is 2. The van der Waals surface area contributed by atoms with Gasteiger partial charge in [-0.15, -0.1) is 24.8 Å². The molecule has 1 aromatic carbocycles. The normalized spacial score (nSPS) is 14.4. The second-order valence-electron chi connectivity index (χ2n) is 5.14. The van der Waals surface area contributed by atoms with Crippen LogP contribution in [0.1, 0.15) is 23.3 Å². The Bertz CT molecular complexity index is 599. The van der Waals surface area contributed by atoms with Crippen LogP contribution in [0.3, 0.4) is 0 Å². The number of imidazole rings is 1. The maximum atomic E-state index is 12.4. The first-order valence-corrected chi connectivity index (χ1v) is 6.88. The molecule has 0 radical (unpaired) electrons. The summed E-state index contributed by atoms with van der Waals surface area (Å²) in [6.45, 7) is 0.482. The van der Waals surface area contributed by atoms with Gasteiger partial charge in [0.15, 0.2) is 0 Å². The van der Waals surface area contributed by atoms with Crippen LogP contribution in [0.4, 0.5) is 0 Å². The van der Waals surface area contributed by atoms with E-state index >= 15 is 0 Å². The molecule has 0 aliphatic heterocycles. The fraction of sp³-hybridized carbons (Fsp3) is 0.333. The van der Waals surface area contributed by atoms with Gasteiger partial charge in [0.1, 0.15) is 5.69 Å². The standard InChI is InChI=1S/C15H18N4O.2ClH/c16-8-13(11-6-7-11)18-15(20)14-9-17-10-19(14)12-4-2-1-3-5-12;;/h1-5,9-11,13H,6-8,16H2,(H,18,20);2*1H. The van der Waals surface area contributed by atoms with E-state index in [1.54, 1.807) is 17.1 Å². The van der Waals surface area contributed by atoms with Crippen molar-refractivity contribution in [3.05, 3.63) is 48.5 Å². The fourth-order valence-electron chi connectivity index (χ4n) is 2.37. The second-order valence-corrected chi connectivity index (χ2v) is 5.14. The van der Waals surface area contributed by atoms with Crippen LogP contribution in [0.15, 0.2) is 42.9 Å². The quantitative estimate of drug-likeness (QED) is 0.874. The van der Waals surface area contributed by atoms with Crippen molar-refractivity contribution in [2.75, 3.05) is 6.54 Å². The number of rotatable bonds is 5. The Morgan fingerprint density at radius 3 is 2.59 bits per heavy atom. The summed E-state index contributed by atoms with van der Waals surface area (Å²) in [7, 11) is 0. The van der Waals surface area contributed by atoms with E-state index < -0.39 is 0 Å². The van der Waals surface area contributed by atoms with Crippen molar-refractivity contribution in [3.63, 3.8) is 0 Å². The lowest BCUT2D eigenvalue weighted by molar-refractivity contribution is 0.0926. The summed E-state index contributed by atoms with van der Waals surface area (Å²) >= 11 is 0. The van der Waals surface area contributed by atoms with Crippen LogP contribution in [-0.2, 0) is 0 Å². The molecule has 1 saturated carbocycles. The predicted molar refractivity (Wildman–Crippen MR) is 91.1 cm³/mol. The van der Waals surface area contributed by atoms with Gasteiger partial charge in [0.2, 0.25) is 0 Å². The average molecular weight is 343 g/mol. The third-order valence-electron chi connectivity index (χ3n) is 3.67. The highest BCUT2D eigenvalue weighted by molar-refractivity contribution is 5.93. The van der Waals surface area contributed by atoms with Crippen LogP contribution in [-0.4, -0.2) is 28.0 Å². The molecule has 1 aliphatic carbocycles. The third-order valence-corrected chi connectivity index (χ3v) is 3.67. The van der Waals surface area contributed by atoms with Gasteiger partial charge in [-0.2, -0.15) is 0 Å². The van der Waals surface area contributed by atoms with E-state index in [4.69, 9.17) is 5.73 Å². The number of carbonyl (C=O) groups excluding carboxylic acids is 1. The number of carbonyl (C=O) groups is 1. The molecule has 5 nitrogen and oxygen atoms in total. The summed E-state index contributed by atoms with van der Waals surface area (Å²) < 4.78 is 1.79. The monoisotopic (exact) mass is 342 g/mol. The highest BCUT2D eigenvalue weighted by Crippen LogP contribution is 2.32. The van der Waals surface area contributed by atoms with Crippen molar-refractivity contribution in [1.29, 1.82) is 0 Å². The van der Waals surface area contributed by atoms with Gasteiger partial charge in [-0.05, 0) is 30.9 Å². The summed E-state index contributed by atoms with van der Waals surface area (Å²) in [5.74, 6) is 0.422. The van der Waals surface area contributed by atoms with Gasteiger partial charge in [0.05, 0.1) is 12.5 Å². The van der Waals surface area contributed by atoms with Crippen LogP contribution in [0.25, 0.3) is 5.69 Å². The molecule has 1 aliphatic rings. The van der Waals surface area contributed by atoms with E-state index in [-0.39, 0.29) is 36.8 Å². The first-order chi connectivity index (χ1) is 9.79. The van der Waals surface area contributed by atoms with Crippen molar-refractivity contribution < 1.29 is 4.79 Å². The van der Waals surface area contributed by atoms with Crippen LogP contribution >= 0.6 is 24.8 Å². The summed E-state index contributed by atoms with van der Waals surface area (Å²) in [4.78, 5) is 16.5. The smallest absolute Gasteiger partial charge is 0.270 e. The number of nitrogens with two attached hydrogens (primary N) is 1. The number of halogens is 2. The molecule has 0 bridgehead atoms. The van der Waals surface area contributed by atoms with Gasteiger partial charge in [0.25, 0.3) is 5.91 Å². The summed E-state index contributed by atoms with van der Waals surface area (Å²) in [6, 6.07) is 9.77. The lowest BCUT2D eigenvalue weighted by Crippen LogP contribution is -2.42. The van der Waals surface area contributed by atoms with Gasteiger partial charge in [-0.25, -0.2) is 4.98 Å². The number of benzene rings is 1. The first kappa shape index (κ1) is 18.5. The molecule has 7 heteroatoms. The van der Waals surface area contributed by atoms with E-state index in [0.29, 0.717) is 18.2 Å². The zero-order valence-electron chi connectivity index (χ0n) is 12.0. The van der Waals surface area contributed by atoms with Crippen LogP contribution in [0.2, 0.25) is 0 Å².